The van der Waals surface area contributed by atoms with Crippen molar-refractivity contribution in [1.82, 2.24) is 10.5 Å². The lowest BCUT2D eigenvalue weighted by Gasteiger charge is -2.20. The van der Waals surface area contributed by atoms with Gasteiger partial charge in [0.15, 0.2) is 11.5 Å². The minimum Gasteiger partial charge on any atom is -0.396 e. The van der Waals surface area contributed by atoms with E-state index in [2.05, 4.69) is 10.5 Å². The summed E-state index contributed by atoms with van der Waals surface area (Å²) in [5, 5.41) is 16.4. The Morgan fingerprint density at radius 2 is 2.17 bits per heavy atom. The molecule has 0 saturated heterocycles. The average Bonchev–Trinajstić information content (AvgIpc) is 3.01. The van der Waals surface area contributed by atoms with Gasteiger partial charge in [-0.1, -0.05) is 42.7 Å². The zero-order valence-electron chi connectivity index (χ0n) is 13.3. The molecular formula is C17H21ClN2O3. The lowest BCUT2D eigenvalue weighted by molar-refractivity contribution is 0.0939. The molecule has 0 unspecified atom stereocenters. The molecule has 124 valence electrons. The van der Waals surface area contributed by atoms with Gasteiger partial charge in [-0.3, -0.25) is 4.79 Å². The quantitative estimate of drug-likeness (QED) is 0.758. The normalized spacial score (nSPS) is 11.5. The Hall–Kier alpha value is -1.85. The van der Waals surface area contributed by atoms with Crippen LogP contribution in [0.15, 0.2) is 34.9 Å². The number of carbonyl (C=O) groups is 1. The number of aliphatic hydroxyl groups excluding tert-OH is 1. The van der Waals surface area contributed by atoms with E-state index in [1.807, 2.05) is 26.0 Å². The third kappa shape index (κ3) is 5.08. The highest BCUT2D eigenvalue weighted by atomic mass is 35.5. The lowest BCUT2D eigenvalue weighted by atomic mass is 9.89. The van der Waals surface area contributed by atoms with E-state index >= 15 is 0 Å². The molecule has 0 saturated carbocycles. The molecule has 0 aliphatic carbocycles. The number of nitrogens with one attached hydrogen (secondary N) is 1. The summed E-state index contributed by atoms with van der Waals surface area (Å²) < 4.78 is 5.20. The summed E-state index contributed by atoms with van der Waals surface area (Å²) in [5.74, 6) is 0.225. The Morgan fingerprint density at radius 3 is 2.87 bits per heavy atom. The van der Waals surface area contributed by atoms with Crippen molar-refractivity contribution in [2.75, 3.05) is 13.2 Å². The van der Waals surface area contributed by atoms with Crippen molar-refractivity contribution in [2.45, 2.75) is 26.7 Å². The molecule has 23 heavy (non-hydrogen) atoms. The predicted molar refractivity (Wildman–Crippen MR) is 89.4 cm³/mol. The second-order valence-corrected chi connectivity index (χ2v) is 6.70. The van der Waals surface area contributed by atoms with E-state index in [4.69, 9.17) is 16.1 Å². The number of aromatic nitrogens is 1. The highest BCUT2D eigenvalue weighted by Gasteiger charge is 2.17. The van der Waals surface area contributed by atoms with Gasteiger partial charge in [0, 0.05) is 29.8 Å². The molecule has 6 heteroatoms. The lowest BCUT2D eigenvalue weighted by Crippen LogP contribution is -2.26. The van der Waals surface area contributed by atoms with Crippen LogP contribution in [0.1, 0.15) is 37.2 Å². The number of aliphatic hydroxyl groups is 1. The highest BCUT2D eigenvalue weighted by molar-refractivity contribution is 6.30. The molecule has 5 nitrogen and oxygen atoms in total. The molecule has 2 aromatic rings. The number of nitrogens with zero attached hydrogens (tertiary/aromatic N) is 1. The number of hydrogen-bond acceptors (Lipinski definition) is 4. The first-order chi connectivity index (χ1) is 10.9. The standard InChI is InChI=1S/C17H21ClN2O3/c1-17(2,11-21)7-4-8-19-16(22)14-10-15(23-20-14)12-5-3-6-13(18)9-12/h3,5-6,9-10,21H,4,7-8,11H2,1-2H3,(H,19,22). The maximum atomic E-state index is 12.0. The fourth-order valence-electron chi connectivity index (χ4n) is 2.10. The largest absolute Gasteiger partial charge is 0.396 e. The van der Waals surface area contributed by atoms with Crippen LogP contribution in [0.25, 0.3) is 11.3 Å². The summed E-state index contributed by atoms with van der Waals surface area (Å²) in [4.78, 5) is 12.0. The summed E-state index contributed by atoms with van der Waals surface area (Å²) in [6.45, 7) is 4.64. The van der Waals surface area contributed by atoms with Crippen LogP contribution in [-0.2, 0) is 0 Å². The third-order valence-corrected chi connectivity index (χ3v) is 3.83. The van der Waals surface area contributed by atoms with Crippen molar-refractivity contribution in [3.63, 3.8) is 0 Å². The maximum Gasteiger partial charge on any atom is 0.273 e. The van der Waals surface area contributed by atoms with Gasteiger partial charge in [-0.2, -0.15) is 0 Å². The van der Waals surface area contributed by atoms with Crippen molar-refractivity contribution >= 4 is 17.5 Å². The first-order valence-corrected chi connectivity index (χ1v) is 7.91. The summed E-state index contributed by atoms with van der Waals surface area (Å²) in [6.07, 6.45) is 1.62. The maximum absolute atomic E-state index is 12.0. The molecule has 0 aliphatic rings. The molecule has 0 fully saturated rings. The van der Waals surface area contributed by atoms with Crippen molar-refractivity contribution in [2.24, 2.45) is 5.41 Å². The first-order valence-electron chi connectivity index (χ1n) is 7.53. The highest BCUT2D eigenvalue weighted by Crippen LogP contribution is 2.23. The molecule has 0 radical (unpaired) electrons. The molecule has 0 atom stereocenters. The van der Waals surface area contributed by atoms with Gasteiger partial charge in [-0.05, 0) is 30.4 Å². The Morgan fingerprint density at radius 1 is 1.39 bits per heavy atom. The number of benzene rings is 1. The van der Waals surface area contributed by atoms with Crippen molar-refractivity contribution in [3.05, 3.63) is 41.0 Å². The molecule has 1 heterocycles. The molecule has 1 aromatic carbocycles. The van der Waals surface area contributed by atoms with Crippen LogP contribution in [0.2, 0.25) is 5.02 Å². The predicted octanol–water partition coefficient (Wildman–Crippen LogP) is 3.52. The summed E-state index contributed by atoms with van der Waals surface area (Å²) in [7, 11) is 0. The first kappa shape index (κ1) is 17.5. The van der Waals surface area contributed by atoms with Crippen molar-refractivity contribution < 1.29 is 14.4 Å². The van der Waals surface area contributed by atoms with Crippen LogP contribution in [0.3, 0.4) is 0 Å². The van der Waals surface area contributed by atoms with E-state index in [0.29, 0.717) is 17.3 Å². The molecular weight excluding hydrogens is 316 g/mol. The SMILES string of the molecule is CC(C)(CO)CCCNC(=O)c1cc(-c2cccc(Cl)c2)on1. The zero-order valence-corrected chi connectivity index (χ0v) is 14.1. The van der Waals surface area contributed by atoms with Crippen molar-refractivity contribution in [1.29, 1.82) is 0 Å². The zero-order chi connectivity index (χ0) is 16.9. The van der Waals surface area contributed by atoms with E-state index in [9.17, 15) is 9.90 Å². The molecule has 0 spiro atoms. The van der Waals surface area contributed by atoms with Crippen LogP contribution < -0.4 is 5.32 Å². The van der Waals surface area contributed by atoms with Gasteiger partial charge in [0.2, 0.25) is 0 Å². The van der Waals surface area contributed by atoms with E-state index in [1.54, 1.807) is 18.2 Å². The number of carbonyl (C=O) groups excluding carboxylic acids is 1. The fourth-order valence-corrected chi connectivity index (χ4v) is 2.29. The number of hydrogen-bond donors (Lipinski definition) is 2. The summed E-state index contributed by atoms with van der Waals surface area (Å²) >= 11 is 5.94. The van der Waals surface area contributed by atoms with Gasteiger partial charge < -0.3 is 14.9 Å². The minimum atomic E-state index is -0.274. The Labute approximate surface area is 140 Å². The molecule has 0 aliphatic heterocycles. The molecule has 2 rings (SSSR count). The van der Waals surface area contributed by atoms with Crippen LogP contribution in [0, 0.1) is 5.41 Å². The molecule has 2 N–H and O–H groups in total. The monoisotopic (exact) mass is 336 g/mol. The summed E-state index contributed by atoms with van der Waals surface area (Å²) in [6, 6.07) is 8.76. The van der Waals surface area contributed by atoms with Gasteiger partial charge in [0.1, 0.15) is 0 Å². The molecule has 1 amide bonds. The Balaban J connectivity index is 1.89. The average molecular weight is 337 g/mol. The topological polar surface area (TPSA) is 75.4 Å². The van der Waals surface area contributed by atoms with Gasteiger partial charge in [-0.25, -0.2) is 0 Å². The smallest absolute Gasteiger partial charge is 0.273 e. The van der Waals surface area contributed by atoms with Crippen LogP contribution in [-0.4, -0.2) is 29.3 Å². The summed E-state index contributed by atoms with van der Waals surface area (Å²) in [5.41, 5.74) is 0.883. The van der Waals surface area contributed by atoms with Gasteiger partial charge >= 0.3 is 0 Å². The second-order valence-electron chi connectivity index (χ2n) is 6.27. The van der Waals surface area contributed by atoms with E-state index in [0.717, 1.165) is 18.4 Å². The molecule has 1 aromatic heterocycles. The van der Waals surface area contributed by atoms with Gasteiger partial charge in [-0.15, -0.1) is 0 Å². The fraction of sp³-hybridized carbons (Fsp3) is 0.412. The number of amides is 1. The molecule has 0 bridgehead atoms. The van der Waals surface area contributed by atoms with E-state index in [1.165, 1.54) is 0 Å². The Kier molecular flexibility index (Phi) is 5.80. The van der Waals surface area contributed by atoms with Crippen LogP contribution in [0.4, 0.5) is 0 Å². The van der Waals surface area contributed by atoms with Crippen LogP contribution >= 0.6 is 11.6 Å². The van der Waals surface area contributed by atoms with E-state index < -0.39 is 0 Å². The second kappa shape index (κ2) is 7.62. The minimum absolute atomic E-state index is 0.127. The van der Waals surface area contributed by atoms with Crippen molar-refractivity contribution in [3.8, 4) is 11.3 Å². The number of halogens is 1. The number of rotatable bonds is 7. The van der Waals surface area contributed by atoms with Crippen LogP contribution in [0.5, 0.6) is 0 Å². The third-order valence-electron chi connectivity index (χ3n) is 3.60. The Bertz CT molecular complexity index is 667. The van der Waals surface area contributed by atoms with Gasteiger partial charge in [0.25, 0.3) is 5.91 Å². The van der Waals surface area contributed by atoms with Gasteiger partial charge in [0.05, 0.1) is 0 Å². The van der Waals surface area contributed by atoms with E-state index in [-0.39, 0.29) is 23.6 Å².